The molecule has 0 radical (unpaired) electrons. The number of ether oxygens (including phenoxy) is 4. The van der Waals surface area contributed by atoms with Gasteiger partial charge in [0.05, 0.1) is 5.92 Å². The Labute approximate surface area is 254 Å². The van der Waals surface area contributed by atoms with Gasteiger partial charge in [-0.1, -0.05) is 63.4 Å². The molecular formula is C31H21BrCl2N2O5. The van der Waals surface area contributed by atoms with E-state index in [2.05, 4.69) is 22.0 Å². The molecule has 1 aliphatic heterocycles. The quantitative estimate of drug-likeness (QED) is 0.155. The van der Waals surface area contributed by atoms with Crippen LogP contribution in [0.15, 0.2) is 101 Å². The molecule has 4 aromatic rings. The van der Waals surface area contributed by atoms with Crippen molar-refractivity contribution in [1.82, 2.24) is 0 Å². The Morgan fingerprint density at radius 2 is 1.73 bits per heavy atom. The Kier molecular flexibility index (Phi) is 8.70. The van der Waals surface area contributed by atoms with E-state index in [4.69, 9.17) is 47.9 Å². The smallest absolute Gasteiger partial charge is 0.349 e. The molecule has 41 heavy (non-hydrogen) atoms. The van der Waals surface area contributed by atoms with E-state index < -0.39 is 11.9 Å². The largest absolute Gasteiger partial charge is 0.489 e. The summed E-state index contributed by atoms with van der Waals surface area (Å²) in [4.78, 5) is 12.4. The van der Waals surface area contributed by atoms with Gasteiger partial charge in [-0.15, -0.1) is 0 Å². The summed E-state index contributed by atoms with van der Waals surface area (Å²) in [5.41, 5.74) is 8.63. The zero-order chi connectivity index (χ0) is 28.9. The minimum atomic E-state index is -0.591. The molecule has 4 aromatic carbocycles. The molecule has 0 fully saturated rings. The molecule has 0 spiro atoms. The summed E-state index contributed by atoms with van der Waals surface area (Å²) in [5, 5.41) is 11.0. The fourth-order valence-corrected chi connectivity index (χ4v) is 4.99. The maximum atomic E-state index is 12.4. The molecule has 0 aliphatic carbocycles. The number of nitrogens with zero attached hydrogens (tertiary/aromatic N) is 1. The van der Waals surface area contributed by atoms with Crippen LogP contribution in [0.4, 0.5) is 0 Å². The molecule has 1 unspecified atom stereocenters. The molecule has 206 valence electrons. The second kappa shape index (κ2) is 12.6. The predicted octanol–water partition coefficient (Wildman–Crippen LogP) is 7.54. The Balaban J connectivity index is 1.34. The number of halogens is 3. The molecule has 0 bridgehead atoms. The lowest BCUT2D eigenvalue weighted by Crippen LogP contribution is -2.21. The fraction of sp³-hybridized carbons (Fsp3) is 0.0968. The summed E-state index contributed by atoms with van der Waals surface area (Å²) in [5.74, 6) is 0.567. The molecule has 0 saturated heterocycles. The Bertz CT molecular complexity index is 1690. The first-order valence-corrected chi connectivity index (χ1v) is 13.8. The van der Waals surface area contributed by atoms with Gasteiger partial charge in [0.1, 0.15) is 41.2 Å². The van der Waals surface area contributed by atoms with Crippen molar-refractivity contribution in [2.75, 3.05) is 6.61 Å². The number of hydrogen-bond donors (Lipinski definition) is 1. The van der Waals surface area contributed by atoms with E-state index in [0.717, 1.165) is 15.6 Å². The van der Waals surface area contributed by atoms with Crippen molar-refractivity contribution in [3.05, 3.63) is 128 Å². The normalized spacial score (nSPS) is 14.0. The van der Waals surface area contributed by atoms with Crippen LogP contribution in [-0.4, -0.2) is 12.6 Å². The van der Waals surface area contributed by atoms with Crippen molar-refractivity contribution in [2.24, 2.45) is 5.73 Å². The summed E-state index contributed by atoms with van der Waals surface area (Å²) in [7, 11) is 0. The lowest BCUT2D eigenvalue weighted by atomic mass is 9.83. The van der Waals surface area contributed by atoms with Gasteiger partial charge in [-0.3, -0.25) is 0 Å². The highest BCUT2D eigenvalue weighted by molar-refractivity contribution is 9.10. The molecule has 0 saturated carbocycles. The molecule has 2 N–H and O–H groups in total. The lowest BCUT2D eigenvalue weighted by molar-refractivity contribution is -0.136. The van der Waals surface area contributed by atoms with E-state index in [-0.39, 0.29) is 30.4 Å². The molecule has 0 amide bonds. The third-order valence-electron chi connectivity index (χ3n) is 6.19. The highest BCUT2D eigenvalue weighted by Crippen LogP contribution is 2.44. The van der Waals surface area contributed by atoms with Gasteiger partial charge >= 0.3 is 5.97 Å². The third kappa shape index (κ3) is 6.77. The maximum Gasteiger partial charge on any atom is 0.349 e. The van der Waals surface area contributed by atoms with Crippen molar-refractivity contribution < 1.29 is 23.7 Å². The van der Waals surface area contributed by atoms with Crippen molar-refractivity contribution >= 4 is 45.1 Å². The number of rotatable bonds is 8. The van der Waals surface area contributed by atoms with Crippen LogP contribution >= 0.6 is 39.1 Å². The lowest BCUT2D eigenvalue weighted by Gasteiger charge is -2.27. The fourth-order valence-electron chi connectivity index (χ4n) is 4.26. The van der Waals surface area contributed by atoms with Gasteiger partial charge in [0, 0.05) is 31.7 Å². The number of benzene rings is 4. The van der Waals surface area contributed by atoms with E-state index in [1.165, 1.54) is 0 Å². The van der Waals surface area contributed by atoms with Crippen molar-refractivity contribution in [1.29, 1.82) is 5.26 Å². The summed E-state index contributed by atoms with van der Waals surface area (Å²) < 4.78 is 23.6. The maximum absolute atomic E-state index is 12.4. The van der Waals surface area contributed by atoms with Crippen LogP contribution in [-0.2, 0) is 11.4 Å². The Morgan fingerprint density at radius 3 is 2.49 bits per heavy atom. The van der Waals surface area contributed by atoms with Gasteiger partial charge in [-0.25, -0.2) is 4.79 Å². The van der Waals surface area contributed by atoms with Crippen molar-refractivity contribution in [3.8, 4) is 29.1 Å². The molecule has 1 heterocycles. The summed E-state index contributed by atoms with van der Waals surface area (Å²) in [6.07, 6.45) is 0. The van der Waals surface area contributed by atoms with E-state index in [9.17, 15) is 10.1 Å². The predicted molar refractivity (Wildman–Crippen MR) is 158 cm³/mol. The molecule has 5 rings (SSSR count). The highest BCUT2D eigenvalue weighted by atomic mass is 79.9. The Morgan fingerprint density at radius 1 is 0.951 bits per heavy atom. The highest BCUT2D eigenvalue weighted by Gasteiger charge is 2.31. The number of fused-ring (bicyclic) bond motifs is 1. The van der Waals surface area contributed by atoms with Gasteiger partial charge in [-0.2, -0.15) is 5.26 Å². The zero-order valence-corrected chi connectivity index (χ0v) is 24.4. The second-order valence-electron chi connectivity index (χ2n) is 8.94. The second-order valence-corrected chi connectivity index (χ2v) is 10.7. The van der Waals surface area contributed by atoms with Gasteiger partial charge in [-0.05, 0) is 60.2 Å². The standard InChI is InChI=1S/C31H21BrCl2N2O5/c32-20-5-8-22(9-6-20)39-17-29(37)40-24-10-11-25-28(14-24)41-31(36)26(15-35)30(25)18-2-1-3-23(12-18)38-16-19-4-7-21(33)13-27(19)34/h1-14,30H,16-17,36H2. The van der Waals surface area contributed by atoms with Gasteiger partial charge < -0.3 is 24.7 Å². The molecule has 7 nitrogen and oxygen atoms in total. The van der Waals surface area contributed by atoms with Crippen LogP contribution in [0.25, 0.3) is 0 Å². The SMILES string of the molecule is N#CC1=C(N)Oc2cc(OC(=O)COc3ccc(Br)cc3)ccc2C1c1cccc(OCc2ccc(Cl)cc2Cl)c1. The van der Waals surface area contributed by atoms with Crippen LogP contribution in [0.1, 0.15) is 22.6 Å². The third-order valence-corrected chi connectivity index (χ3v) is 7.31. The average molecular weight is 652 g/mol. The number of allylic oxidation sites excluding steroid dienone is 1. The number of nitrogens with two attached hydrogens (primary N) is 1. The molecule has 1 atom stereocenters. The van der Waals surface area contributed by atoms with E-state index >= 15 is 0 Å². The number of esters is 1. The number of carbonyl (C=O) groups is 1. The average Bonchev–Trinajstić information content (AvgIpc) is 2.96. The van der Waals surface area contributed by atoms with Gasteiger partial charge in [0.15, 0.2) is 6.61 Å². The molecular weight excluding hydrogens is 631 g/mol. The van der Waals surface area contributed by atoms with Crippen LogP contribution in [0, 0.1) is 11.3 Å². The molecule has 10 heteroatoms. The first-order chi connectivity index (χ1) is 19.8. The number of nitriles is 1. The number of carbonyl (C=O) groups excluding carboxylic acids is 1. The van der Waals surface area contributed by atoms with Crippen LogP contribution in [0.2, 0.25) is 10.0 Å². The molecule has 1 aliphatic rings. The first kappa shape index (κ1) is 28.4. The summed E-state index contributed by atoms with van der Waals surface area (Å²) in [6, 6.07) is 26.7. The summed E-state index contributed by atoms with van der Waals surface area (Å²) >= 11 is 15.6. The van der Waals surface area contributed by atoms with E-state index in [1.807, 2.05) is 36.4 Å². The monoisotopic (exact) mass is 650 g/mol. The Hall–Kier alpha value is -4.16. The molecule has 0 aromatic heterocycles. The van der Waals surface area contributed by atoms with E-state index in [0.29, 0.717) is 32.9 Å². The van der Waals surface area contributed by atoms with Crippen molar-refractivity contribution in [2.45, 2.75) is 12.5 Å². The minimum Gasteiger partial charge on any atom is -0.489 e. The van der Waals surface area contributed by atoms with Crippen LogP contribution in [0.5, 0.6) is 23.0 Å². The minimum absolute atomic E-state index is 0.0358. The van der Waals surface area contributed by atoms with Gasteiger partial charge in [0.25, 0.3) is 0 Å². The zero-order valence-electron chi connectivity index (χ0n) is 21.3. The van der Waals surface area contributed by atoms with Crippen LogP contribution < -0.4 is 24.7 Å². The van der Waals surface area contributed by atoms with Crippen LogP contribution in [0.3, 0.4) is 0 Å². The summed E-state index contributed by atoms with van der Waals surface area (Å²) in [6.45, 7) is -0.0516. The number of hydrogen-bond acceptors (Lipinski definition) is 7. The first-order valence-electron chi connectivity index (χ1n) is 12.3. The van der Waals surface area contributed by atoms with E-state index in [1.54, 1.807) is 48.5 Å². The van der Waals surface area contributed by atoms with Crippen molar-refractivity contribution in [3.63, 3.8) is 0 Å². The van der Waals surface area contributed by atoms with Gasteiger partial charge in [0.2, 0.25) is 5.88 Å². The topological polar surface area (TPSA) is 104 Å².